The molecular weight excluding hydrogens is 518 g/mol. The highest BCUT2D eigenvalue weighted by molar-refractivity contribution is 7.17. The van der Waals surface area contributed by atoms with Gasteiger partial charge >= 0.3 is 5.97 Å². The Labute approximate surface area is 238 Å². The molecule has 0 bridgehead atoms. The highest BCUT2D eigenvalue weighted by Crippen LogP contribution is 2.31. The van der Waals surface area contributed by atoms with Gasteiger partial charge in [0.05, 0.1) is 18.5 Å². The Morgan fingerprint density at radius 2 is 1.73 bits per heavy atom. The van der Waals surface area contributed by atoms with Crippen LogP contribution < -0.4 is 14.4 Å². The van der Waals surface area contributed by atoms with Crippen molar-refractivity contribution in [3.8, 4) is 11.6 Å². The molecule has 1 aliphatic rings. The minimum atomic E-state index is -0.327. The van der Waals surface area contributed by atoms with Crippen LogP contribution in [0.3, 0.4) is 0 Å². The second-order valence-electron chi connectivity index (χ2n) is 10.1. The van der Waals surface area contributed by atoms with Crippen LogP contribution in [0.15, 0.2) is 90.3 Å². The number of ether oxygens (including phenoxy) is 2. The Morgan fingerprint density at radius 1 is 0.875 bits per heavy atom. The molecule has 0 amide bonds. The second-order valence-corrected chi connectivity index (χ2v) is 11.1. The Bertz CT molecular complexity index is 1580. The molecule has 0 spiro atoms. The van der Waals surface area contributed by atoms with Crippen molar-refractivity contribution in [2.45, 2.75) is 19.3 Å². The van der Waals surface area contributed by atoms with E-state index >= 15 is 0 Å². The number of pyridine rings is 1. The third kappa shape index (κ3) is 6.43. The maximum absolute atomic E-state index is 12.3. The summed E-state index contributed by atoms with van der Waals surface area (Å²) in [6, 6.07) is 28.0. The number of carbonyl (C=O) groups excluding carboxylic acids is 1. The van der Waals surface area contributed by atoms with Crippen molar-refractivity contribution in [1.29, 1.82) is 0 Å². The molecule has 6 nitrogen and oxygen atoms in total. The number of anilines is 1. The van der Waals surface area contributed by atoms with Gasteiger partial charge in [-0.2, -0.15) is 0 Å². The lowest BCUT2D eigenvalue weighted by Gasteiger charge is -2.36. The lowest BCUT2D eigenvalue weighted by Crippen LogP contribution is -2.46. The molecule has 0 saturated carbocycles. The molecule has 7 heteroatoms. The molecule has 6 rings (SSSR count). The zero-order valence-electron chi connectivity index (χ0n) is 22.5. The first kappa shape index (κ1) is 26.3. The van der Waals surface area contributed by atoms with Crippen molar-refractivity contribution in [1.82, 2.24) is 9.88 Å². The maximum Gasteiger partial charge on any atom is 0.316 e. The Balaban J connectivity index is 0.939. The van der Waals surface area contributed by atoms with Crippen LogP contribution in [0.5, 0.6) is 11.6 Å². The number of carbonyl (C=O) groups is 1. The van der Waals surface area contributed by atoms with Gasteiger partial charge in [-0.25, -0.2) is 4.98 Å². The maximum atomic E-state index is 12.3. The van der Waals surface area contributed by atoms with Crippen LogP contribution in [-0.4, -0.2) is 55.2 Å². The molecule has 1 saturated heterocycles. The number of unbranched alkanes of at least 4 members (excludes halogenated alkanes) is 1. The summed E-state index contributed by atoms with van der Waals surface area (Å²) in [5, 5.41) is 4.54. The summed E-state index contributed by atoms with van der Waals surface area (Å²) < 4.78 is 12.9. The topological polar surface area (TPSA) is 54.9 Å². The van der Waals surface area contributed by atoms with Crippen molar-refractivity contribution in [3.63, 3.8) is 0 Å². The van der Waals surface area contributed by atoms with Crippen LogP contribution in [0, 0.1) is 0 Å². The lowest BCUT2D eigenvalue weighted by molar-refractivity contribution is -0.133. The fraction of sp³-hybridized carbons (Fsp3) is 0.273. The summed E-state index contributed by atoms with van der Waals surface area (Å²) >= 11 is 1.81. The van der Waals surface area contributed by atoms with Gasteiger partial charge in [0.1, 0.15) is 5.75 Å². The van der Waals surface area contributed by atoms with Crippen LogP contribution in [0.4, 0.5) is 5.69 Å². The van der Waals surface area contributed by atoms with Gasteiger partial charge in [-0.3, -0.25) is 9.69 Å². The molecule has 3 heterocycles. The molecule has 0 radical (unpaired) electrons. The number of thiophene rings is 1. The number of fused-ring (bicyclic) bond motifs is 2. The molecule has 2 aromatic heterocycles. The van der Waals surface area contributed by atoms with Gasteiger partial charge in [-0.15, -0.1) is 11.3 Å². The number of aromatic nitrogens is 1. The summed E-state index contributed by atoms with van der Waals surface area (Å²) in [5.74, 6) is 0.758. The second kappa shape index (κ2) is 12.5. The van der Waals surface area contributed by atoms with E-state index in [-0.39, 0.29) is 12.4 Å². The van der Waals surface area contributed by atoms with E-state index < -0.39 is 0 Å². The van der Waals surface area contributed by atoms with E-state index in [1.807, 2.05) is 65.9 Å². The van der Waals surface area contributed by atoms with Crippen molar-refractivity contribution < 1.29 is 14.3 Å². The standard InChI is InChI=1S/C33H33N3O3S/c37-33(23-25-7-2-1-3-8-25)39-32-14-12-26-11-13-27(24-29(26)34-32)38-21-5-4-16-35-17-19-36(20-18-35)30-9-6-10-31-28(30)15-22-40-31/h1-3,6-15,22,24H,4-5,16-21,23H2. The normalized spacial score (nSPS) is 14.1. The molecule has 0 N–H and O–H groups in total. The van der Waals surface area contributed by atoms with E-state index in [0.29, 0.717) is 12.5 Å². The zero-order valence-corrected chi connectivity index (χ0v) is 23.3. The number of piperazine rings is 1. The summed E-state index contributed by atoms with van der Waals surface area (Å²) in [4.78, 5) is 21.9. The first-order valence-electron chi connectivity index (χ1n) is 13.9. The zero-order chi connectivity index (χ0) is 27.1. The van der Waals surface area contributed by atoms with E-state index in [4.69, 9.17) is 9.47 Å². The van der Waals surface area contributed by atoms with Crippen molar-refractivity contribution >= 4 is 44.0 Å². The number of rotatable bonds is 10. The summed E-state index contributed by atoms with van der Waals surface area (Å²) in [6.45, 7) is 6.08. The first-order valence-corrected chi connectivity index (χ1v) is 14.8. The molecule has 0 unspecified atom stereocenters. The van der Waals surface area contributed by atoms with Gasteiger partial charge in [-0.05, 0) is 66.7 Å². The number of nitrogens with zero attached hydrogens (tertiary/aromatic N) is 3. The predicted octanol–water partition coefficient (Wildman–Crippen LogP) is 6.58. The summed E-state index contributed by atoms with van der Waals surface area (Å²) in [6.07, 6.45) is 2.31. The number of hydrogen-bond donors (Lipinski definition) is 0. The average molecular weight is 552 g/mol. The van der Waals surface area contributed by atoms with Crippen LogP contribution in [0.25, 0.3) is 21.0 Å². The molecular formula is C33H33N3O3S. The quantitative estimate of drug-likeness (QED) is 0.144. The van der Waals surface area contributed by atoms with E-state index in [9.17, 15) is 4.79 Å². The van der Waals surface area contributed by atoms with Crippen LogP contribution >= 0.6 is 11.3 Å². The van der Waals surface area contributed by atoms with Crippen molar-refractivity contribution in [3.05, 3.63) is 95.9 Å². The molecule has 1 fully saturated rings. The van der Waals surface area contributed by atoms with E-state index in [2.05, 4.69) is 44.4 Å². The molecule has 1 aliphatic heterocycles. The smallest absolute Gasteiger partial charge is 0.316 e. The Hall–Kier alpha value is -3.94. The van der Waals surface area contributed by atoms with E-state index in [1.54, 1.807) is 6.07 Å². The summed E-state index contributed by atoms with van der Waals surface area (Å²) in [7, 11) is 0. The Morgan fingerprint density at radius 3 is 2.60 bits per heavy atom. The van der Waals surface area contributed by atoms with Gasteiger partial charge in [0.15, 0.2) is 0 Å². The molecule has 40 heavy (non-hydrogen) atoms. The fourth-order valence-electron chi connectivity index (χ4n) is 5.23. The van der Waals surface area contributed by atoms with Gasteiger partial charge in [-0.1, -0.05) is 36.4 Å². The van der Waals surface area contributed by atoms with Gasteiger partial charge in [0, 0.05) is 59.5 Å². The SMILES string of the molecule is O=C(Cc1ccccc1)Oc1ccc2ccc(OCCCCN3CCN(c4cccc5sccc45)CC3)cc2n1. The highest BCUT2D eigenvalue weighted by Gasteiger charge is 2.18. The summed E-state index contributed by atoms with van der Waals surface area (Å²) in [5.41, 5.74) is 3.03. The van der Waals surface area contributed by atoms with E-state index in [0.717, 1.165) is 67.8 Å². The monoisotopic (exact) mass is 551 g/mol. The highest BCUT2D eigenvalue weighted by atomic mass is 32.1. The number of hydrogen-bond acceptors (Lipinski definition) is 7. The number of esters is 1. The fourth-order valence-corrected chi connectivity index (χ4v) is 6.04. The lowest BCUT2D eigenvalue weighted by atomic mass is 10.1. The molecule has 204 valence electrons. The van der Waals surface area contributed by atoms with Crippen molar-refractivity contribution in [2.75, 3.05) is 44.2 Å². The third-order valence-corrected chi connectivity index (χ3v) is 8.25. The van der Waals surface area contributed by atoms with Crippen LogP contribution in [0.2, 0.25) is 0 Å². The van der Waals surface area contributed by atoms with E-state index in [1.165, 1.54) is 15.8 Å². The van der Waals surface area contributed by atoms with Gasteiger partial charge in [0.25, 0.3) is 0 Å². The number of benzene rings is 3. The molecule has 0 atom stereocenters. The minimum absolute atomic E-state index is 0.213. The largest absolute Gasteiger partial charge is 0.494 e. The third-order valence-electron chi connectivity index (χ3n) is 7.37. The van der Waals surface area contributed by atoms with Crippen LogP contribution in [-0.2, 0) is 11.2 Å². The molecule has 3 aromatic carbocycles. The minimum Gasteiger partial charge on any atom is -0.494 e. The molecule has 5 aromatic rings. The Kier molecular flexibility index (Phi) is 8.21. The van der Waals surface area contributed by atoms with Crippen molar-refractivity contribution in [2.24, 2.45) is 0 Å². The van der Waals surface area contributed by atoms with Crippen LogP contribution in [0.1, 0.15) is 18.4 Å². The average Bonchev–Trinajstić information content (AvgIpc) is 3.47. The van der Waals surface area contributed by atoms with Gasteiger partial charge < -0.3 is 14.4 Å². The predicted molar refractivity (Wildman–Crippen MR) is 163 cm³/mol. The van der Waals surface area contributed by atoms with Gasteiger partial charge in [0.2, 0.25) is 5.88 Å². The molecule has 0 aliphatic carbocycles. The first-order chi connectivity index (χ1) is 19.7.